The van der Waals surface area contributed by atoms with Crippen molar-refractivity contribution in [2.24, 2.45) is 0 Å². The van der Waals surface area contributed by atoms with Crippen molar-refractivity contribution in [3.63, 3.8) is 0 Å². The molecule has 2 aliphatic rings. The normalized spacial score (nSPS) is 17.0. The lowest BCUT2D eigenvalue weighted by molar-refractivity contribution is -0.160. The van der Waals surface area contributed by atoms with E-state index in [-0.39, 0.29) is 18.2 Å². The average molecular weight is 594 g/mol. The molecule has 3 heterocycles. The number of anilines is 2. The molecule has 2 atom stereocenters. The maximum atomic E-state index is 14.7. The Morgan fingerprint density at radius 2 is 1.95 bits per heavy atom. The molecule has 2 aromatic carbocycles. The highest BCUT2D eigenvalue weighted by atomic mass is 19.2. The molecule has 0 saturated heterocycles. The van der Waals surface area contributed by atoms with Crippen molar-refractivity contribution in [2.45, 2.75) is 85.2 Å². The van der Waals surface area contributed by atoms with Gasteiger partial charge in [-0.25, -0.2) is 18.6 Å². The number of hydrogen-bond acceptors (Lipinski definition) is 6. The Morgan fingerprint density at radius 3 is 2.63 bits per heavy atom. The number of benzene rings is 2. The minimum absolute atomic E-state index is 0.101. The maximum Gasteiger partial charge on any atom is 0.337 e. The van der Waals surface area contributed by atoms with Crippen LogP contribution in [-0.2, 0) is 22.5 Å². The molecule has 7 nitrogen and oxygen atoms in total. The molecule has 0 saturated carbocycles. The van der Waals surface area contributed by atoms with E-state index >= 15 is 0 Å². The molecule has 230 valence electrons. The van der Waals surface area contributed by atoms with Crippen LogP contribution in [0, 0.1) is 25.5 Å². The van der Waals surface area contributed by atoms with E-state index in [9.17, 15) is 18.7 Å². The van der Waals surface area contributed by atoms with Crippen molar-refractivity contribution in [2.75, 3.05) is 29.9 Å². The molecular formula is C34H41F2N3O4. The summed E-state index contributed by atoms with van der Waals surface area (Å²) < 4.78 is 41.3. The molecule has 0 radical (unpaired) electrons. The largest absolute Gasteiger partial charge is 0.486 e. The third-order valence-electron chi connectivity index (χ3n) is 8.21. The molecular weight excluding hydrogens is 552 g/mol. The Kier molecular flexibility index (Phi) is 8.40. The first kappa shape index (κ1) is 30.7. The summed E-state index contributed by atoms with van der Waals surface area (Å²) in [6.07, 6.45) is 1.38. The van der Waals surface area contributed by atoms with Crippen LogP contribution in [0.1, 0.15) is 74.6 Å². The van der Waals surface area contributed by atoms with Crippen LogP contribution in [0.5, 0.6) is 5.75 Å². The number of likely N-dealkylation sites (N-methyl/N-ethyl adjacent to an activating group) is 1. The van der Waals surface area contributed by atoms with Crippen molar-refractivity contribution >= 4 is 17.5 Å². The van der Waals surface area contributed by atoms with E-state index in [0.29, 0.717) is 30.0 Å². The van der Waals surface area contributed by atoms with Gasteiger partial charge in [0, 0.05) is 42.5 Å². The number of rotatable bonds is 8. The zero-order chi connectivity index (χ0) is 31.2. The molecule has 0 amide bonds. The Labute approximate surface area is 252 Å². The third kappa shape index (κ3) is 5.92. The first-order valence-electron chi connectivity index (χ1n) is 14.9. The first-order chi connectivity index (χ1) is 20.3. The highest BCUT2D eigenvalue weighted by Gasteiger charge is 2.37. The molecule has 2 aliphatic heterocycles. The maximum absolute atomic E-state index is 14.7. The molecule has 3 aromatic rings. The molecule has 1 aromatic heterocycles. The molecule has 0 aliphatic carbocycles. The van der Waals surface area contributed by atoms with Crippen LogP contribution in [0.2, 0.25) is 0 Å². The van der Waals surface area contributed by atoms with E-state index < -0.39 is 29.3 Å². The Morgan fingerprint density at radius 1 is 1.21 bits per heavy atom. The Balaban J connectivity index is 1.71. The lowest BCUT2D eigenvalue weighted by Gasteiger charge is -2.36. The second kappa shape index (κ2) is 11.8. The number of aryl methyl sites for hydroxylation is 1. The predicted octanol–water partition coefficient (Wildman–Crippen LogP) is 7.14. The molecule has 2 unspecified atom stereocenters. The van der Waals surface area contributed by atoms with Gasteiger partial charge in [0.25, 0.3) is 0 Å². The van der Waals surface area contributed by atoms with Gasteiger partial charge in [-0.3, -0.25) is 0 Å². The van der Waals surface area contributed by atoms with Gasteiger partial charge in [-0.2, -0.15) is 0 Å². The lowest BCUT2D eigenvalue weighted by atomic mass is 9.87. The average Bonchev–Trinajstić information content (AvgIpc) is 3.31. The van der Waals surface area contributed by atoms with Crippen LogP contribution >= 0.6 is 0 Å². The zero-order valence-corrected chi connectivity index (χ0v) is 26.1. The van der Waals surface area contributed by atoms with Crippen LogP contribution in [-0.4, -0.2) is 47.9 Å². The number of carboxylic acids is 1. The SMILES string of the molecule is CCCC1CN(C)c2c(ccc(-c3c4c(nc(C)c3C(OC(C)(C)C)C(=O)O)N(Cc3cccc(F)c3F)CC4)c2C)O1. The minimum atomic E-state index is -1.26. The van der Waals surface area contributed by atoms with Crippen LogP contribution in [0.4, 0.5) is 20.3 Å². The van der Waals surface area contributed by atoms with Crippen molar-refractivity contribution in [3.8, 4) is 16.9 Å². The third-order valence-corrected chi connectivity index (χ3v) is 8.21. The quantitative estimate of drug-likeness (QED) is 0.297. The Hall–Kier alpha value is -3.72. The van der Waals surface area contributed by atoms with Crippen molar-refractivity contribution < 1.29 is 28.2 Å². The van der Waals surface area contributed by atoms with Crippen LogP contribution in [0.3, 0.4) is 0 Å². The fraction of sp³-hybridized carbons (Fsp3) is 0.471. The molecule has 43 heavy (non-hydrogen) atoms. The van der Waals surface area contributed by atoms with Crippen LogP contribution in [0.15, 0.2) is 30.3 Å². The van der Waals surface area contributed by atoms with Gasteiger partial charge < -0.3 is 24.4 Å². The number of halogens is 2. The zero-order valence-electron chi connectivity index (χ0n) is 26.1. The highest BCUT2D eigenvalue weighted by molar-refractivity contribution is 5.88. The van der Waals surface area contributed by atoms with Gasteiger partial charge in [-0.15, -0.1) is 0 Å². The number of hydrogen-bond donors (Lipinski definition) is 1. The predicted molar refractivity (Wildman–Crippen MR) is 164 cm³/mol. The summed E-state index contributed by atoms with van der Waals surface area (Å²) in [5, 5.41) is 10.5. The van der Waals surface area contributed by atoms with E-state index in [4.69, 9.17) is 14.5 Å². The number of fused-ring (bicyclic) bond motifs is 2. The number of nitrogens with zero attached hydrogens (tertiary/aromatic N) is 3. The minimum Gasteiger partial charge on any atom is -0.486 e. The van der Waals surface area contributed by atoms with E-state index in [1.54, 1.807) is 13.0 Å². The summed E-state index contributed by atoms with van der Waals surface area (Å²) in [5.41, 5.74) is 4.98. The van der Waals surface area contributed by atoms with E-state index in [1.807, 2.05) is 44.7 Å². The van der Waals surface area contributed by atoms with Crippen LogP contribution in [0.25, 0.3) is 11.1 Å². The monoisotopic (exact) mass is 593 g/mol. The topological polar surface area (TPSA) is 75.1 Å². The number of carbonyl (C=O) groups is 1. The summed E-state index contributed by atoms with van der Waals surface area (Å²) in [7, 11) is 2.06. The standard InChI is InChI=1S/C34H41F2N3O4/c1-8-10-22-18-38(7)30-19(2)23(13-14-26(30)42-22)28-24-15-16-39(17-21-11-9-12-25(35)29(21)36)32(24)37-20(3)27(28)31(33(40)41)43-34(4,5)6/h9,11-14,22,31H,8,10,15-18H2,1-7H3,(H,40,41). The van der Waals surface area contributed by atoms with Gasteiger partial charge in [-0.05, 0) is 76.3 Å². The highest BCUT2D eigenvalue weighted by Crippen LogP contribution is 2.48. The van der Waals surface area contributed by atoms with Crippen molar-refractivity contribution in [1.82, 2.24) is 4.98 Å². The number of aromatic nitrogens is 1. The van der Waals surface area contributed by atoms with Gasteiger partial charge in [0.2, 0.25) is 0 Å². The summed E-state index contributed by atoms with van der Waals surface area (Å²) in [5.74, 6) is -1.41. The number of ether oxygens (including phenoxy) is 2. The van der Waals surface area contributed by atoms with E-state index in [0.717, 1.165) is 59.1 Å². The lowest BCUT2D eigenvalue weighted by Crippen LogP contribution is -2.38. The Bertz CT molecular complexity index is 1550. The molecule has 5 rings (SSSR count). The van der Waals surface area contributed by atoms with Crippen molar-refractivity contribution in [3.05, 3.63) is 69.9 Å². The summed E-state index contributed by atoms with van der Waals surface area (Å²) in [6.45, 7) is 12.9. The molecule has 0 spiro atoms. The number of carboxylic acid groups (broad SMARTS) is 1. The van der Waals surface area contributed by atoms with Gasteiger partial charge in [0.05, 0.1) is 17.8 Å². The number of pyridine rings is 1. The fourth-order valence-electron chi connectivity index (χ4n) is 6.44. The van der Waals surface area contributed by atoms with E-state index in [1.165, 1.54) is 6.07 Å². The molecule has 0 fully saturated rings. The van der Waals surface area contributed by atoms with Crippen molar-refractivity contribution in [1.29, 1.82) is 0 Å². The molecule has 0 bridgehead atoms. The fourth-order valence-corrected chi connectivity index (χ4v) is 6.44. The second-order valence-electron chi connectivity index (χ2n) is 12.6. The number of aliphatic carboxylic acids is 1. The summed E-state index contributed by atoms with van der Waals surface area (Å²) in [6, 6.07) is 8.15. The molecule has 9 heteroatoms. The van der Waals surface area contributed by atoms with Gasteiger partial charge in [-0.1, -0.05) is 31.5 Å². The van der Waals surface area contributed by atoms with Gasteiger partial charge >= 0.3 is 5.97 Å². The first-order valence-corrected chi connectivity index (χ1v) is 14.9. The van der Waals surface area contributed by atoms with Gasteiger partial charge in [0.15, 0.2) is 17.7 Å². The second-order valence-corrected chi connectivity index (χ2v) is 12.6. The smallest absolute Gasteiger partial charge is 0.337 e. The van der Waals surface area contributed by atoms with Crippen LogP contribution < -0.4 is 14.5 Å². The van der Waals surface area contributed by atoms with E-state index in [2.05, 4.69) is 18.9 Å². The van der Waals surface area contributed by atoms with Gasteiger partial charge in [0.1, 0.15) is 17.7 Å². The molecule has 1 N–H and O–H groups in total. The summed E-state index contributed by atoms with van der Waals surface area (Å²) >= 11 is 0. The summed E-state index contributed by atoms with van der Waals surface area (Å²) in [4.78, 5) is 21.8.